The Bertz CT molecular complexity index is 425. The van der Waals surface area contributed by atoms with Crippen LogP contribution >= 0.6 is 0 Å². The quantitative estimate of drug-likeness (QED) is 0.590. The van der Waals surface area contributed by atoms with Crippen molar-refractivity contribution in [2.45, 2.75) is 39.0 Å². The molecule has 1 aliphatic rings. The minimum absolute atomic E-state index is 0.0454. The van der Waals surface area contributed by atoms with Crippen LogP contribution < -0.4 is 5.48 Å². The van der Waals surface area contributed by atoms with Gasteiger partial charge < -0.3 is 4.90 Å². The first kappa shape index (κ1) is 16.0. The maximum absolute atomic E-state index is 11.7. The summed E-state index contributed by atoms with van der Waals surface area (Å²) in [5.41, 5.74) is 5.05. The predicted octanol–water partition coefficient (Wildman–Crippen LogP) is 2.33. The molecule has 0 aliphatic carbocycles. The Morgan fingerprint density at radius 2 is 1.86 bits per heavy atom. The van der Waals surface area contributed by atoms with E-state index in [1.165, 1.54) is 24.0 Å². The number of hydroxylamine groups is 1. The fourth-order valence-electron chi connectivity index (χ4n) is 2.56. The number of hydrogen-bond acceptors (Lipinski definition) is 3. The number of nitrogens with one attached hydrogen (secondary N) is 1. The van der Waals surface area contributed by atoms with Crippen LogP contribution in [0, 0.1) is 0 Å². The monoisotopic (exact) mass is 290 g/mol. The molecule has 1 fully saturated rings. The normalized spacial score (nSPS) is 15.3. The van der Waals surface area contributed by atoms with E-state index >= 15 is 0 Å². The lowest BCUT2D eigenvalue weighted by molar-refractivity contribution is -0.133. The molecule has 4 nitrogen and oxygen atoms in total. The Morgan fingerprint density at radius 3 is 2.52 bits per heavy atom. The van der Waals surface area contributed by atoms with Crippen LogP contribution in [0.1, 0.15) is 37.3 Å². The summed E-state index contributed by atoms with van der Waals surface area (Å²) in [6.07, 6.45) is 4.83. The van der Waals surface area contributed by atoms with E-state index in [0.717, 1.165) is 32.5 Å². The first-order valence-corrected chi connectivity index (χ1v) is 7.98. The van der Waals surface area contributed by atoms with E-state index in [-0.39, 0.29) is 5.91 Å². The zero-order valence-electron chi connectivity index (χ0n) is 12.9. The van der Waals surface area contributed by atoms with Gasteiger partial charge in [-0.1, -0.05) is 31.2 Å². The molecular weight excluding hydrogens is 264 g/mol. The summed E-state index contributed by atoms with van der Waals surface area (Å²) >= 11 is 0. The van der Waals surface area contributed by atoms with Gasteiger partial charge in [-0.2, -0.15) is 0 Å². The molecule has 0 radical (unpaired) electrons. The van der Waals surface area contributed by atoms with Gasteiger partial charge in [-0.3, -0.25) is 9.63 Å². The third-order valence-corrected chi connectivity index (χ3v) is 3.97. The molecule has 1 aliphatic heterocycles. The van der Waals surface area contributed by atoms with Crippen molar-refractivity contribution in [1.82, 2.24) is 10.4 Å². The fraction of sp³-hybridized carbons (Fsp3) is 0.588. The standard InChI is InChI=1S/C17H26N2O2/c1-2-15-5-7-16(8-6-15)9-10-17(20)18-21-14-13-19-11-3-4-12-19/h5-8H,2-4,9-14H2,1H3,(H,18,20). The van der Waals surface area contributed by atoms with E-state index in [9.17, 15) is 4.79 Å². The summed E-state index contributed by atoms with van der Waals surface area (Å²) < 4.78 is 0. The van der Waals surface area contributed by atoms with Crippen LogP contribution in [0.3, 0.4) is 0 Å². The van der Waals surface area contributed by atoms with Crippen molar-refractivity contribution in [3.8, 4) is 0 Å². The van der Waals surface area contributed by atoms with Gasteiger partial charge >= 0.3 is 0 Å². The molecule has 0 unspecified atom stereocenters. The van der Waals surface area contributed by atoms with Gasteiger partial charge in [0.05, 0.1) is 6.61 Å². The molecule has 21 heavy (non-hydrogen) atoms. The van der Waals surface area contributed by atoms with E-state index in [1.54, 1.807) is 0 Å². The maximum atomic E-state index is 11.7. The maximum Gasteiger partial charge on any atom is 0.243 e. The van der Waals surface area contributed by atoms with Crippen LogP contribution in [0.2, 0.25) is 0 Å². The molecule has 0 bridgehead atoms. The molecule has 1 aromatic rings. The average molecular weight is 290 g/mol. The Morgan fingerprint density at radius 1 is 1.19 bits per heavy atom. The van der Waals surface area contributed by atoms with Gasteiger partial charge in [-0.15, -0.1) is 0 Å². The largest absolute Gasteiger partial charge is 0.301 e. The zero-order chi connectivity index (χ0) is 14.9. The van der Waals surface area contributed by atoms with Crippen LogP contribution in [0.4, 0.5) is 0 Å². The first-order valence-electron chi connectivity index (χ1n) is 7.98. The van der Waals surface area contributed by atoms with Gasteiger partial charge in [-0.25, -0.2) is 5.48 Å². The highest BCUT2D eigenvalue weighted by Crippen LogP contribution is 2.07. The van der Waals surface area contributed by atoms with Crippen molar-refractivity contribution in [2.75, 3.05) is 26.2 Å². The molecular formula is C17H26N2O2. The smallest absolute Gasteiger partial charge is 0.243 e. The molecule has 4 heteroatoms. The number of carbonyl (C=O) groups excluding carboxylic acids is 1. The molecule has 1 amide bonds. The number of likely N-dealkylation sites (tertiary alicyclic amines) is 1. The second-order valence-electron chi connectivity index (χ2n) is 5.59. The third-order valence-electron chi connectivity index (χ3n) is 3.97. The Labute approximate surface area is 127 Å². The van der Waals surface area contributed by atoms with Crippen molar-refractivity contribution in [2.24, 2.45) is 0 Å². The lowest BCUT2D eigenvalue weighted by Gasteiger charge is -2.14. The van der Waals surface area contributed by atoms with E-state index in [1.807, 2.05) is 0 Å². The third kappa shape index (κ3) is 5.86. The predicted molar refractivity (Wildman–Crippen MR) is 83.9 cm³/mol. The van der Waals surface area contributed by atoms with Crippen LogP contribution in [-0.4, -0.2) is 37.0 Å². The SMILES string of the molecule is CCc1ccc(CCC(=O)NOCCN2CCCC2)cc1. The highest BCUT2D eigenvalue weighted by molar-refractivity contribution is 5.75. The van der Waals surface area contributed by atoms with Crippen LogP contribution in [0.5, 0.6) is 0 Å². The summed E-state index contributed by atoms with van der Waals surface area (Å²) in [4.78, 5) is 19.3. The fourth-order valence-corrected chi connectivity index (χ4v) is 2.56. The number of rotatable bonds is 8. The van der Waals surface area contributed by atoms with Gasteiger partial charge in [0.25, 0.3) is 0 Å². The highest BCUT2D eigenvalue weighted by atomic mass is 16.6. The molecule has 0 atom stereocenters. The molecule has 0 spiro atoms. The summed E-state index contributed by atoms with van der Waals surface area (Å²) in [6, 6.07) is 8.44. The Kier molecular flexibility index (Phi) is 6.70. The van der Waals surface area contributed by atoms with Crippen LogP contribution in [-0.2, 0) is 22.5 Å². The van der Waals surface area contributed by atoms with Crippen molar-refractivity contribution < 1.29 is 9.63 Å². The van der Waals surface area contributed by atoms with Gasteiger partial charge in [0.15, 0.2) is 0 Å². The summed E-state index contributed by atoms with van der Waals surface area (Å²) in [5.74, 6) is -0.0454. The minimum atomic E-state index is -0.0454. The number of aryl methyl sites for hydroxylation is 2. The second kappa shape index (κ2) is 8.80. The Hall–Kier alpha value is -1.39. The molecule has 1 saturated heterocycles. The zero-order valence-corrected chi connectivity index (χ0v) is 12.9. The van der Waals surface area contributed by atoms with Crippen molar-refractivity contribution in [1.29, 1.82) is 0 Å². The highest BCUT2D eigenvalue weighted by Gasteiger charge is 2.10. The van der Waals surface area contributed by atoms with Gasteiger partial charge in [0.1, 0.15) is 0 Å². The lowest BCUT2D eigenvalue weighted by Crippen LogP contribution is -2.30. The minimum Gasteiger partial charge on any atom is -0.301 e. The second-order valence-corrected chi connectivity index (χ2v) is 5.59. The van der Waals surface area contributed by atoms with E-state index in [4.69, 9.17) is 4.84 Å². The average Bonchev–Trinajstić information content (AvgIpc) is 3.03. The van der Waals surface area contributed by atoms with E-state index in [0.29, 0.717) is 13.0 Å². The van der Waals surface area contributed by atoms with Crippen LogP contribution in [0.25, 0.3) is 0 Å². The van der Waals surface area contributed by atoms with Gasteiger partial charge in [-0.05, 0) is 49.9 Å². The molecule has 1 heterocycles. The molecule has 0 saturated carbocycles. The molecule has 0 aromatic heterocycles. The van der Waals surface area contributed by atoms with Gasteiger partial charge in [0, 0.05) is 13.0 Å². The summed E-state index contributed by atoms with van der Waals surface area (Å²) in [6.45, 7) is 5.92. The summed E-state index contributed by atoms with van der Waals surface area (Å²) in [5, 5.41) is 0. The number of nitrogens with zero attached hydrogens (tertiary/aromatic N) is 1. The number of benzene rings is 1. The van der Waals surface area contributed by atoms with Crippen molar-refractivity contribution in [3.63, 3.8) is 0 Å². The molecule has 2 rings (SSSR count). The number of hydrogen-bond donors (Lipinski definition) is 1. The van der Waals surface area contributed by atoms with E-state index < -0.39 is 0 Å². The Balaban J connectivity index is 1.56. The summed E-state index contributed by atoms with van der Waals surface area (Å²) in [7, 11) is 0. The van der Waals surface area contributed by atoms with E-state index in [2.05, 4.69) is 41.6 Å². The van der Waals surface area contributed by atoms with Crippen molar-refractivity contribution in [3.05, 3.63) is 35.4 Å². The topological polar surface area (TPSA) is 41.6 Å². The molecule has 1 aromatic carbocycles. The van der Waals surface area contributed by atoms with Crippen LogP contribution in [0.15, 0.2) is 24.3 Å². The van der Waals surface area contributed by atoms with Crippen molar-refractivity contribution >= 4 is 5.91 Å². The molecule has 116 valence electrons. The number of amides is 1. The number of carbonyl (C=O) groups is 1. The van der Waals surface area contributed by atoms with Gasteiger partial charge in [0.2, 0.25) is 5.91 Å². The first-order chi connectivity index (χ1) is 10.3. The lowest BCUT2D eigenvalue weighted by atomic mass is 10.1. The molecule has 1 N–H and O–H groups in total.